The fraction of sp³-hybridized carbons (Fsp3) is 0.156. The normalized spacial score (nSPS) is 11.0. The summed E-state index contributed by atoms with van der Waals surface area (Å²) in [6.45, 7) is 7.16. The van der Waals surface area contributed by atoms with Gasteiger partial charge in [0.25, 0.3) is 0 Å². The van der Waals surface area contributed by atoms with E-state index in [-0.39, 0.29) is 5.78 Å². The summed E-state index contributed by atoms with van der Waals surface area (Å²) < 4.78 is 31.9. The van der Waals surface area contributed by atoms with Gasteiger partial charge in [-0.2, -0.15) is 0 Å². The molecule has 1 N–H and O–H groups in total. The van der Waals surface area contributed by atoms with E-state index in [2.05, 4.69) is 28.3 Å². The van der Waals surface area contributed by atoms with Gasteiger partial charge in [-0.05, 0) is 60.0 Å². The van der Waals surface area contributed by atoms with Crippen LogP contribution < -0.4 is 14.4 Å². The van der Waals surface area contributed by atoms with E-state index < -0.39 is 10.0 Å². The molecule has 0 amide bonds. The Kier molecular flexibility index (Phi) is 8.84. The minimum atomic E-state index is -3.41. The standard InChI is InChI=1S/C32H32N2O4S/c1-4-21-38-29-19-17-28(18-20-29)32(35)27-15-13-26(14-16-27)23-34(22-25-9-6-5-7-10-25)31-12-8-11-30(24(31)2)33-39(3,36)37/h4-20,33H,1,21-23H2,2-3H3. The van der Waals surface area contributed by atoms with Gasteiger partial charge in [0.1, 0.15) is 12.4 Å². The Balaban J connectivity index is 1.57. The van der Waals surface area contributed by atoms with Crippen molar-refractivity contribution >= 4 is 27.2 Å². The molecule has 39 heavy (non-hydrogen) atoms. The van der Waals surface area contributed by atoms with Crippen LogP contribution in [0.2, 0.25) is 0 Å². The topological polar surface area (TPSA) is 75.7 Å². The van der Waals surface area contributed by atoms with E-state index in [0.29, 0.717) is 42.3 Å². The molecular formula is C32H32N2O4S. The third-order valence-corrected chi connectivity index (χ3v) is 6.82. The average Bonchev–Trinajstić information content (AvgIpc) is 2.93. The van der Waals surface area contributed by atoms with Crippen LogP contribution in [-0.4, -0.2) is 27.1 Å². The fourth-order valence-electron chi connectivity index (χ4n) is 4.31. The lowest BCUT2D eigenvalue weighted by molar-refractivity contribution is 0.103. The van der Waals surface area contributed by atoms with Gasteiger partial charge in [-0.1, -0.05) is 73.3 Å². The first kappa shape index (κ1) is 27.7. The van der Waals surface area contributed by atoms with Crippen molar-refractivity contribution in [2.24, 2.45) is 0 Å². The molecule has 6 nitrogen and oxygen atoms in total. The predicted molar refractivity (Wildman–Crippen MR) is 158 cm³/mol. The van der Waals surface area contributed by atoms with Crippen LogP contribution in [0, 0.1) is 6.92 Å². The zero-order chi connectivity index (χ0) is 27.8. The van der Waals surface area contributed by atoms with Crippen LogP contribution in [-0.2, 0) is 23.1 Å². The number of ketones is 1. The van der Waals surface area contributed by atoms with E-state index >= 15 is 0 Å². The molecule has 4 aromatic carbocycles. The van der Waals surface area contributed by atoms with Gasteiger partial charge < -0.3 is 9.64 Å². The second-order valence-corrected chi connectivity index (χ2v) is 11.1. The first-order chi connectivity index (χ1) is 18.7. The minimum absolute atomic E-state index is 0.0617. The zero-order valence-corrected chi connectivity index (χ0v) is 22.9. The average molecular weight is 541 g/mol. The van der Waals surface area contributed by atoms with E-state index in [1.807, 2.05) is 61.5 Å². The van der Waals surface area contributed by atoms with Crippen molar-refractivity contribution < 1.29 is 17.9 Å². The lowest BCUT2D eigenvalue weighted by Gasteiger charge is -2.28. The van der Waals surface area contributed by atoms with E-state index in [1.54, 1.807) is 36.4 Å². The Bertz CT molecular complexity index is 1530. The molecule has 0 fully saturated rings. The summed E-state index contributed by atoms with van der Waals surface area (Å²) in [5.41, 5.74) is 5.66. The molecule has 0 heterocycles. The van der Waals surface area contributed by atoms with Crippen molar-refractivity contribution in [3.05, 3.63) is 138 Å². The van der Waals surface area contributed by atoms with Gasteiger partial charge in [-0.25, -0.2) is 8.42 Å². The quantitative estimate of drug-likeness (QED) is 0.167. The Labute approximate surface area is 230 Å². The number of hydrogen-bond acceptors (Lipinski definition) is 5. The first-order valence-corrected chi connectivity index (χ1v) is 14.5. The molecule has 200 valence electrons. The third kappa shape index (κ3) is 7.58. The smallest absolute Gasteiger partial charge is 0.229 e. The highest BCUT2D eigenvalue weighted by Gasteiger charge is 2.16. The number of carbonyl (C=O) groups excluding carboxylic acids is 1. The summed E-state index contributed by atoms with van der Waals surface area (Å²) >= 11 is 0. The number of sulfonamides is 1. The number of ether oxygens (including phenoxy) is 1. The molecule has 0 saturated carbocycles. The summed E-state index contributed by atoms with van der Waals surface area (Å²) in [6, 6.07) is 30.4. The Hall–Kier alpha value is -4.36. The minimum Gasteiger partial charge on any atom is -0.490 e. The summed E-state index contributed by atoms with van der Waals surface area (Å²) in [5, 5.41) is 0. The van der Waals surface area contributed by atoms with E-state index in [4.69, 9.17) is 4.74 Å². The molecule has 4 aromatic rings. The second kappa shape index (κ2) is 12.5. The van der Waals surface area contributed by atoms with E-state index in [1.165, 1.54) is 0 Å². The van der Waals surface area contributed by atoms with Gasteiger partial charge in [-0.15, -0.1) is 0 Å². The van der Waals surface area contributed by atoms with Crippen molar-refractivity contribution in [2.45, 2.75) is 20.0 Å². The maximum atomic E-state index is 13.0. The van der Waals surface area contributed by atoms with Gasteiger partial charge in [0.05, 0.1) is 11.9 Å². The number of nitrogens with zero attached hydrogens (tertiary/aromatic N) is 1. The summed E-state index contributed by atoms with van der Waals surface area (Å²) in [5.74, 6) is 0.625. The molecule has 0 aliphatic heterocycles. The summed E-state index contributed by atoms with van der Waals surface area (Å²) in [6.07, 6.45) is 2.82. The lowest BCUT2D eigenvalue weighted by Crippen LogP contribution is -2.23. The third-order valence-electron chi connectivity index (χ3n) is 6.23. The largest absolute Gasteiger partial charge is 0.490 e. The molecule has 0 radical (unpaired) electrons. The van der Waals surface area contributed by atoms with Crippen LogP contribution in [0.4, 0.5) is 11.4 Å². The van der Waals surface area contributed by atoms with Crippen molar-refractivity contribution in [1.29, 1.82) is 0 Å². The highest BCUT2D eigenvalue weighted by molar-refractivity contribution is 7.92. The van der Waals surface area contributed by atoms with Crippen LogP contribution in [0.3, 0.4) is 0 Å². The van der Waals surface area contributed by atoms with E-state index in [0.717, 1.165) is 28.6 Å². The summed E-state index contributed by atoms with van der Waals surface area (Å²) in [4.78, 5) is 15.2. The molecule has 0 spiro atoms. The predicted octanol–water partition coefficient (Wildman–Crippen LogP) is 6.37. The molecule has 0 saturated heterocycles. The summed E-state index contributed by atoms with van der Waals surface area (Å²) in [7, 11) is -3.41. The molecule has 0 bridgehead atoms. The SMILES string of the molecule is C=CCOc1ccc(C(=O)c2ccc(CN(Cc3ccccc3)c3cccc(NS(C)(=O)=O)c3C)cc2)cc1. The number of benzene rings is 4. The van der Waals surface area contributed by atoms with Crippen LogP contribution in [0.5, 0.6) is 5.75 Å². The lowest BCUT2D eigenvalue weighted by atomic mass is 10.0. The second-order valence-electron chi connectivity index (χ2n) is 9.32. The molecule has 0 unspecified atom stereocenters. The number of nitrogens with one attached hydrogen (secondary N) is 1. The maximum absolute atomic E-state index is 13.0. The fourth-order valence-corrected chi connectivity index (χ4v) is 4.93. The molecule has 4 rings (SSSR count). The molecule has 0 atom stereocenters. The molecular weight excluding hydrogens is 508 g/mol. The maximum Gasteiger partial charge on any atom is 0.229 e. The van der Waals surface area contributed by atoms with Crippen LogP contribution in [0.15, 0.2) is 110 Å². The number of anilines is 2. The van der Waals surface area contributed by atoms with Crippen LogP contribution in [0.25, 0.3) is 0 Å². The Morgan fingerprint density at radius 2 is 1.44 bits per heavy atom. The van der Waals surface area contributed by atoms with Crippen molar-refractivity contribution in [1.82, 2.24) is 0 Å². The highest BCUT2D eigenvalue weighted by atomic mass is 32.2. The van der Waals surface area contributed by atoms with Gasteiger partial charge in [-0.3, -0.25) is 9.52 Å². The number of carbonyl (C=O) groups is 1. The van der Waals surface area contributed by atoms with Gasteiger partial charge in [0, 0.05) is 29.9 Å². The van der Waals surface area contributed by atoms with Crippen LogP contribution >= 0.6 is 0 Å². The van der Waals surface area contributed by atoms with Gasteiger partial charge >= 0.3 is 0 Å². The van der Waals surface area contributed by atoms with E-state index in [9.17, 15) is 13.2 Å². The van der Waals surface area contributed by atoms with Crippen LogP contribution in [0.1, 0.15) is 32.6 Å². The van der Waals surface area contributed by atoms with Gasteiger partial charge in [0.2, 0.25) is 10.0 Å². The number of rotatable bonds is 12. The molecule has 0 aromatic heterocycles. The van der Waals surface area contributed by atoms with Gasteiger partial charge in [0.15, 0.2) is 5.78 Å². The monoisotopic (exact) mass is 540 g/mol. The zero-order valence-electron chi connectivity index (χ0n) is 22.1. The highest BCUT2D eigenvalue weighted by Crippen LogP contribution is 2.30. The molecule has 7 heteroatoms. The Morgan fingerprint density at radius 1 is 0.846 bits per heavy atom. The first-order valence-electron chi connectivity index (χ1n) is 12.6. The molecule has 0 aliphatic rings. The number of hydrogen-bond donors (Lipinski definition) is 1. The van der Waals surface area contributed by atoms with Crippen molar-refractivity contribution in [3.8, 4) is 5.75 Å². The van der Waals surface area contributed by atoms with Crippen molar-refractivity contribution in [2.75, 3.05) is 22.5 Å². The Morgan fingerprint density at radius 3 is 2.03 bits per heavy atom. The van der Waals surface area contributed by atoms with Crippen molar-refractivity contribution in [3.63, 3.8) is 0 Å². The molecule has 0 aliphatic carbocycles.